The van der Waals surface area contributed by atoms with Gasteiger partial charge in [-0.05, 0) is 25.1 Å². The molecule has 0 aliphatic carbocycles. The Morgan fingerprint density at radius 2 is 1.87 bits per heavy atom. The highest BCUT2D eigenvalue weighted by Gasteiger charge is 2.15. The Labute approximate surface area is 134 Å². The summed E-state index contributed by atoms with van der Waals surface area (Å²) < 4.78 is 5.82. The lowest BCUT2D eigenvalue weighted by atomic mass is 10.1. The second kappa shape index (κ2) is 6.91. The molecule has 0 N–H and O–H groups in total. The standard InChI is InChI=1S/C17H18N2O4/c1-12-4-7-16(8-5-12)23-17-9-6-15(19(21)22)10-14(17)11-18(3)13(2)20/h4-10H,11H2,1-3H3. The summed E-state index contributed by atoms with van der Waals surface area (Å²) >= 11 is 0. The number of benzene rings is 2. The molecule has 0 heterocycles. The number of ether oxygens (including phenoxy) is 1. The van der Waals surface area contributed by atoms with Gasteiger partial charge in [-0.2, -0.15) is 0 Å². The van der Waals surface area contributed by atoms with Crippen LogP contribution < -0.4 is 4.74 Å². The van der Waals surface area contributed by atoms with Crippen molar-refractivity contribution in [1.82, 2.24) is 4.90 Å². The van der Waals surface area contributed by atoms with Gasteiger partial charge < -0.3 is 9.64 Å². The lowest BCUT2D eigenvalue weighted by Crippen LogP contribution is -2.23. The van der Waals surface area contributed by atoms with Gasteiger partial charge in [-0.1, -0.05) is 17.7 Å². The maximum Gasteiger partial charge on any atom is 0.270 e. The third-order valence-electron chi connectivity index (χ3n) is 3.45. The lowest BCUT2D eigenvalue weighted by molar-refractivity contribution is -0.384. The van der Waals surface area contributed by atoms with Crippen molar-refractivity contribution in [3.63, 3.8) is 0 Å². The van der Waals surface area contributed by atoms with E-state index in [1.165, 1.54) is 24.0 Å². The van der Waals surface area contributed by atoms with Crippen LogP contribution in [0.25, 0.3) is 0 Å². The summed E-state index contributed by atoms with van der Waals surface area (Å²) in [5.74, 6) is 1.00. The number of aryl methyl sites for hydroxylation is 1. The fourth-order valence-corrected chi connectivity index (χ4v) is 2.00. The molecule has 0 aromatic heterocycles. The van der Waals surface area contributed by atoms with Crippen LogP contribution in [0.4, 0.5) is 5.69 Å². The molecule has 2 rings (SSSR count). The first-order valence-corrected chi connectivity index (χ1v) is 7.10. The SMILES string of the molecule is CC(=O)N(C)Cc1cc([N+](=O)[O-])ccc1Oc1ccc(C)cc1. The highest BCUT2D eigenvalue weighted by Crippen LogP contribution is 2.29. The van der Waals surface area contributed by atoms with E-state index in [1.54, 1.807) is 13.1 Å². The molecule has 6 heteroatoms. The molecule has 0 saturated carbocycles. The number of hydrogen-bond acceptors (Lipinski definition) is 4. The predicted octanol–water partition coefficient (Wildman–Crippen LogP) is 3.67. The van der Waals surface area contributed by atoms with Crippen LogP contribution in [-0.4, -0.2) is 22.8 Å². The van der Waals surface area contributed by atoms with Gasteiger partial charge in [0.25, 0.3) is 5.69 Å². The van der Waals surface area contributed by atoms with Gasteiger partial charge in [0.1, 0.15) is 11.5 Å². The minimum absolute atomic E-state index is 0.0341. The highest BCUT2D eigenvalue weighted by atomic mass is 16.6. The summed E-state index contributed by atoms with van der Waals surface area (Å²) in [7, 11) is 1.64. The van der Waals surface area contributed by atoms with E-state index in [9.17, 15) is 14.9 Å². The molecule has 0 atom stereocenters. The van der Waals surface area contributed by atoms with Gasteiger partial charge in [0.2, 0.25) is 5.91 Å². The second-order valence-electron chi connectivity index (χ2n) is 5.34. The zero-order valence-corrected chi connectivity index (χ0v) is 13.3. The van der Waals surface area contributed by atoms with Crippen molar-refractivity contribution in [2.45, 2.75) is 20.4 Å². The summed E-state index contributed by atoms with van der Waals surface area (Å²) in [6, 6.07) is 11.9. The Balaban J connectivity index is 2.34. The van der Waals surface area contributed by atoms with Crippen molar-refractivity contribution in [2.75, 3.05) is 7.05 Å². The van der Waals surface area contributed by atoms with E-state index in [0.717, 1.165) is 5.56 Å². The van der Waals surface area contributed by atoms with E-state index in [-0.39, 0.29) is 18.1 Å². The Bertz CT molecular complexity index is 726. The van der Waals surface area contributed by atoms with Crippen molar-refractivity contribution < 1.29 is 14.5 Å². The molecule has 1 amide bonds. The van der Waals surface area contributed by atoms with Gasteiger partial charge in [0, 0.05) is 38.2 Å². The lowest BCUT2D eigenvalue weighted by Gasteiger charge is -2.17. The third kappa shape index (κ3) is 4.29. The molecule has 0 spiro atoms. The van der Waals surface area contributed by atoms with Gasteiger partial charge in [-0.3, -0.25) is 14.9 Å². The number of nitrogens with zero attached hydrogens (tertiary/aromatic N) is 2. The molecule has 2 aromatic carbocycles. The van der Waals surface area contributed by atoms with Crippen molar-refractivity contribution in [3.05, 3.63) is 63.7 Å². The monoisotopic (exact) mass is 314 g/mol. The van der Waals surface area contributed by atoms with Crippen LogP contribution in [0, 0.1) is 17.0 Å². The quantitative estimate of drug-likeness (QED) is 0.623. The Hall–Kier alpha value is -2.89. The maximum absolute atomic E-state index is 11.4. The second-order valence-corrected chi connectivity index (χ2v) is 5.34. The number of non-ortho nitro benzene ring substituents is 1. The van der Waals surface area contributed by atoms with E-state index in [1.807, 2.05) is 31.2 Å². The molecule has 0 bridgehead atoms. The van der Waals surface area contributed by atoms with Crippen LogP contribution in [0.1, 0.15) is 18.1 Å². The number of rotatable bonds is 5. The zero-order valence-electron chi connectivity index (χ0n) is 13.3. The van der Waals surface area contributed by atoms with E-state index < -0.39 is 4.92 Å². The van der Waals surface area contributed by atoms with E-state index in [0.29, 0.717) is 17.1 Å². The summed E-state index contributed by atoms with van der Waals surface area (Å²) in [6.07, 6.45) is 0. The molecular formula is C17H18N2O4. The molecule has 23 heavy (non-hydrogen) atoms. The molecule has 0 aliphatic heterocycles. The smallest absolute Gasteiger partial charge is 0.270 e. The summed E-state index contributed by atoms with van der Waals surface area (Å²) in [4.78, 5) is 23.4. The number of nitro groups is 1. The highest BCUT2D eigenvalue weighted by molar-refractivity contribution is 5.73. The molecule has 0 aliphatic rings. The summed E-state index contributed by atoms with van der Waals surface area (Å²) in [5.41, 5.74) is 1.66. The van der Waals surface area contributed by atoms with Crippen LogP contribution in [0.15, 0.2) is 42.5 Å². The van der Waals surface area contributed by atoms with Crippen molar-refractivity contribution in [3.8, 4) is 11.5 Å². The molecule has 0 unspecified atom stereocenters. The Morgan fingerprint density at radius 3 is 2.43 bits per heavy atom. The zero-order chi connectivity index (χ0) is 17.0. The average Bonchev–Trinajstić information content (AvgIpc) is 2.50. The Morgan fingerprint density at radius 1 is 1.22 bits per heavy atom. The third-order valence-corrected chi connectivity index (χ3v) is 3.45. The van der Waals surface area contributed by atoms with Crippen LogP contribution in [0.3, 0.4) is 0 Å². The molecule has 120 valence electrons. The fourth-order valence-electron chi connectivity index (χ4n) is 2.00. The molecule has 6 nitrogen and oxygen atoms in total. The van der Waals surface area contributed by atoms with Crippen molar-refractivity contribution in [2.24, 2.45) is 0 Å². The molecular weight excluding hydrogens is 296 g/mol. The first-order valence-electron chi connectivity index (χ1n) is 7.10. The van der Waals surface area contributed by atoms with Crippen LogP contribution in [0.5, 0.6) is 11.5 Å². The van der Waals surface area contributed by atoms with Crippen LogP contribution in [0.2, 0.25) is 0 Å². The number of nitro benzene ring substituents is 1. The summed E-state index contributed by atoms with van der Waals surface area (Å²) in [5, 5.41) is 11.0. The summed E-state index contributed by atoms with van der Waals surface area (Å²) in [6.45, 7) is 3.65. The molecule has 0 fully saturated rings. The van der Waals surface area contributed by atoms with Gasteiger partial charge >= 0.3 is 0 Å². The van der Waals surface area contributed by atoms with Gasteiger partial charge in [-0.25, -0.2) is 0 Å². The first kappa shape index (κ1) is 16.5. The van der Waals surface area contributed by atoms with Gasteiger partial charge in [0.15, 0.2) is 0 Å². The topological polar surface area (TPSA) is 72.7 Å². The minimum atomic E-state index is -0.465. The van der Waals surface area contributed by atoms with Crippen molar-refractivity contribution >= 4 is 11.6 Å². The normalized spacial score (nSPS) is 10.2. The number of carbonyl (C=O) groups excluding carboxylic acids is 1. The number of carbonyl (C=O) groups is 1. The number of hydrogen-bond donors (Lipinski definition) is 0. The van der Waals surface area contributed by atoms with E-state index >= 15 is 0 Å². The predicted molar refractivity (Wildman–Crippen MR) is 86.5 cm³/mol. The van der Waals surface area contributed by atoms with Gasteiger partial charge in [0.05, 0.1) is 4.92 Å². The molecule has 2 aromatic rings. The Kier molecular flexibility index (Phi) is 4.95. The van der Waals surface area contributed by atoms with Crippen LogP contribution in [-0.2, 0) is 11.3 Å². The van der Waals surface area contributed by atoms with Crippen molar-refractivity contribution in [1.29, 1.82) is 0 Å². The first-order chi connectivity index (χ1) is 10.9. The van der Waals surface area contributed by atoms with Gasteiger partial charge in [-0.15, -0.1) is 0 Å². The van der Waals surface area contributed by atoms with Crippen LogP contribution >= 0.6 is 0 Å². The largest absolute Gasteiger partial charge is 0.457 e. The minimum Gasteiger partial charge on any atom is -0.457 e. The molecule has 0 radical (unpaired) electrons. The average molecular weight is 314 g/mol. The maximum atomic E-state index is 11.4. The van der Waals surface area contributed by atoms with E-state index in [2.05, 4.69) is 0 Å². The van der Waals surface area contributed by atoms with E-state index in [4.69, 9.17) is 4.74 Å². The fraction of sp³-hybridized carbons (Fsp3) is 0.235. The molecule has 0 saturated heterocycles. The number of amides is 1.